The van der Waals surface area contributed by atoms with Crippen molar-refractivity contribution in [1.29, 1.82) is 5.26 Å². The zero-order valence-electron chi connectivity index (χ0n) is 10.2. The Kier molecular flexibility index (Phi) is 2.58. The number of nitrogens with zero attached hydrogens (tertiary/aromatic N) is 5. The fourth-order valence-corrected chi connectivity index (χ4v) is 1.80. The number of aromatic nitrogens is 4. The van der Waals surface area contributed by atoms with E-state index in [0.29, 0.717) is 5.82 Å². The average molecular weight is 250 g/mol. The van der Waals surface area contributed by atoms with Crippen LogP contribution in [0.2, 0.25) is 0 Å². The molecule has 0 unspecified atom stereocenters. The fraction of sp³-hybridized carbons (Fsp3) is 0.0769. The molecule has 2 heterocycles. The van der Waals surface area contributed by atoms with Crippen LogP contribution in [0, 0.1) is 11.5 Å². The number of benzene rings is 1. The monoisotopic (exact) mass is 250 g/mol. The van der Waals surface area contributed by atoms with Crippen LogP contribution in [0.25, 0.3) is 22.3 Å². The van der Waals surface area contributed by atoms with Gasteiger partial charge in [-0.2, -0.15) is 5.26 Å². The number of nitriles is 1. The van der Waals surface area contributed by atoms with Crippen LogP contribution in [0.4, 0.5) is 5.82 Å². The predicted molar refractivity (Wildman–Crippen MR) is 71.1 cm³/mol. The number of rotatable bonds is 2. The van der Waals surface area contributed by atoms with Gasteiger partial charge in [-0.25, -0.2) is 4.98 Å². The zero-order valence-corrected chi connectivity index (χ0v) is 10.2. The van der Waals surface area contributed by atoms with E-state index in [9.17, 15) is 0 Å². The molecule has 92 valence electrons. The predicted octanol–water partition coefficient (Wildman–Crippen LogP) is 1.94. The van der Waals surface area contributed by atoms with Crippen LogP contribution in [0.1, 0.15) is 0 Å². The Morgan fingerprint density at radius 2 is 2.11 bits per heavy atom. The Labute approximate surface area is 109 Å². The summed E-state index contributed by atoms with van der Waals surface area (Å²) in [5.41, 5.74) is 3.58. The summed E-state index contributed by atoms with van der Waals surface area (Å²) in [5.74, 6) is 0.522. The van der Waals surface area contributed by atoms with Crippen molar-refractivity contribution in [3.8, 4) is 17.5 Å². The lowest BCUT2D eigenvalue weighted by Gasteiger charge is -2.07. The van der Waals surface area contributed by atoms with Gasteiger partial charge >= 0.3 is 0 Å². The molecule has 2 aromatic heterocycles. The van der Waals surface area contributed by atoms with Gasteiger partial charge in [-0.1, -0.05) is 6.07 Å². The van der Waals surface area contributed by atoms with Gasteiger partial charge in [0.15, 0.2) is 12.0 Å². The molecule has 0 radical (unpaired) electrons. The number of hydrogen-bond acceptors (Lipinski definition) is 5. The maximum Gasteiger partial charge on any atom is 0.185 e. The van der Waals surface area contributed by atoms with Gasteiger partial charge in [-0.15, -0.1) is 10.2 Å². The van der Waals surface area contributed by atoms with Crippen LogP contribution in [-0.2, 0) is 0 Å². The van der Waals surface area contributed by atoms with E-state index in [0.717, 1.165) is 22.3 Å². The van der Waals surface area contributed by atoms with E-state index in [4.69, 9.17) is 5.26 Å². The van der Waals surface area contributed by atoms with Crippen molar-refractivity contribution in [1.82, 2.24) is 20.2 Å². The Morgan fingerprint density at radius 3 is 2.84 bits per heavy atom. The largest absolute Gasteiger partial charge is 0.345 e. The van der Waals surface area contributed by atoms with Crippen LogP contribution in [0.3, 0.4) is 0 Å². The van der Waals surface area contributed by atoms with E-state index in [1.165, 1.54) is 4.90 Å². The number of nitrogens with one attached hydrogen (secondary N) is 1. The van der Waals surface area contributed by atoms with Gasteiger partial charge in [0.1, 0.15) is 0 Å². The van der Waals surface area contributed by atoms with E-state index < -0.39 is 0 Å². The van der Waals surface area contributed by atoms with Gasteiger partial charge in [0.05, 0.1) is 23.1 Å². The summed E-state index contributed by atoms with van der Waals surface area (Å²) < 4.78 is 0. The van der Waals surface area contributed by atoms with Crippen LogP contribution in [-0.4, -0.2) is 27.2 Å². The maximum absolute atomic E-state index is 8.77. The quantitative estimate of drug-likeness (QED) is 0.555. The van der Waals surface area contributed by atoms with Crippen molar-refractivity contribution in [2.24, 2.45) is 0 Å². The molecule has 19 heavy (non-hydrogen) atoms. The molecule has 0 aliphatic carbocycles. The topological polar surface area (TPSA) is 81.5 Å². The highest BCUT2D eigenvalue weighted by molar-refractivity contribution is 5.80. The van der Waals surface area contributed by atoms with E-state index >= 15 is 0 Å². The summed E-state index contributed by atoms with van der Waals surface area (Å²) in [4.78, 5) is 8.58. The molecule has 0 saturated heterocycles. The Balaban J connectivity index is 1.99. The summed E-state index contributed by atoms with van der Waals surface area (Å²) >= 11 is 0. The first-order chi connectivity index (χ1) is 9.28. The van der Waals surface area contributed by atoms with Gasteiger partial charge in [-0.3, -0.25) is 4.90 Å². The Morgan fingerprint density at radius 1 is 1.21 bits per heavy atom. The molecule has 6 nitrogen and oxygen atoms in total. The minimum absolute atomic E-state index is 0.522. The highest BCUT2D eigenvalue weighted by Crippen LogP contribution is 2.21. The molecule has 0 spiro atoms. The molecule has 0 bridgehead atoms. The van der Waals surface area contributed by atoms with E-state index in [1.54, 1.807) is 19.4 Å². The summed E-state index contributed by atoms with van der Waals surface area (Å²) in [7, 11) is 1.64. The van der Waals surface area contributed by atoms with E-state index in [-0.39, 0.29) is 0 Å². The molecule has 1 aromatic carbocycles. The average Bonchev–Trinajstić information content (AvgIpc) is 2.94. The van der Waals surface area contributed by atoms with Gasteiger partial charge in [0.25, 0.3) is 0 Å². The first-order valence-electron chi connectivity index (χ1n) is 5.68. The smallest absolute Gasteiger partial charge is 0.185 e. The molecule has 0 fully saturated rings. The molecule has 0 aliphatic heterocycles. The van der Waals surface area contributed by atoms with Crippen molar-refractivity contribution >= 4 is 16.9 Å². The number of aromatic amines is 1. The Hall–Kier alpha value is -2.94. The van der Waals surface area contributed by atoms with Gasteiger partial charge in [0, 0.05) is 12.6 Å². The van der Waals surface area contributed by atoms with E-state index in [1.807, 2.05) is 30.5 Å². The lowest BCUT2D eigenvalue weighted by Crippen LogP contribution is -2.10. The highest BCUT2D eigenvalue weighted by Gasteiger charge is 2.05. The number of imidazole rings is 1. The van der Waals surface area contributed by atoms with Crippen molar-refractivity contribution in [3.63, 3.8) is 0 Å². The highest BCUT2D eigenvalue weighted by atomic mass is 15.2. The molecule has 0 atom stereocenters. The van der Waals surface area contributed by atoms with Crippen LogP contribution < -0.4 is 4.90 Å². The van der Waals surface area contributed by atoms with Crippen LogP contribution in [0.15, 0.2) is 36.7 Å². The second kappa shape index (κ2) is 4.38. The number of fused-ring (bicyclic) bond motifs is 1. The van der Waals surface area contributed by atoms with Crippen molar-refractivity contribution in [2.45, 2.75) is 0 Å². The molecular formula is C13H10N6. The minimum atomic E-state index is 0.522. The molecule has 0 saturated carbocycles. The molecule has 3 rings (SSSR count). The van der Waals surface area contributed by atoms with Gasteiger partial charge in [-0.05, 0) is 24.3 Å². The van der Waals surface area contributed by atoms with Crippen molar-refractivity contribution in [3.05, 3.63) is 36.7 Å². The number of H-pyrrole nitrogens is 1. The summed E-state index contributed by atoms with van der Waals surface area (Å²) in [5, 5.41) is 16.9. The molecule has 3 aromatic rings. The Bertz CT molecular complexity index is 753. The molecule has 1 N–H and O–H groups in total. The molecule has 0 amide bonds. The molecular weight excluding hydrogens is 240 g/mol. The SMILES string of the molecule is CN(C#N)c1ccc(-c2ccc3nc[nH]c3c2)nn1. The molecule has 6 heteroatoms. The van der Waals surface area contributed by atoms with Crippen LogP contribution >= 0.6 is 0 Å². The standard InChI is InChI=1S/C13H10N6/c1-19(7-14)13-5-4-10(17-18-13)9-2-3-11-12(6-9)16-8-15-11/h2-6,8H,1H3,(H,15,16). The second-order valence-corrected chi connectivity index (χ2v) is 4.07. The minimum Gasteiger partial charge on any atom is -0.345 e. The maximum atomic E-state index is 8.77. The van der Waals surface area contributed by atoms with Crippen molar-refractivity contribution in [2.75, 3.05) is 11.9 Å². The summed E-state index contributed by atoms with van der Waals surface area (Å²) in [6, 6.07) is 9.45. The number of anilines is 1. The fourth-order valence-electron chi connectivity index (χ4n) is 1.80. The van der Waals surface area contributed by atoms with Gasteiger partial charge < -0.3 is 4.98 Å². The molecule has 0 aliphatic rings. The third-order valence-electron chi connectivity index (χ3n) is 2.86. The second-order valence-electron chi connectivity index (χ2n) is 4.07. The summed E-state index contributed by atoms with van der Waals surface area (Å²) in [6.07, 6.45) is 3.64. The van der Waals surface area contributed by atoms with Crippen LogP contribution in [0.5, 0.6) is 0 Å². The number of hydrogen-bond donors (Lipinski definition) is 1. The third kappa shape index (κ3) is 1.98. The summed E-state index contributed by atoms with van der Waals surface area (Å²) in [6.45, 7) is 0. The first-order valence-corrected chi connectivity index (χ1v) is 5.68. The third-order valence-corrected chi connectivity index (χ3v) is 2.86. The normalized spacial score (nSPS) is 10.3. The van der Waals surface area contributed by atoms with Gasteiger partial charge in [0.2, 0.25) is 0 Å². The lowest BCUT2D eigenvalue weighted by molar-refractivity contribution is 0.994. The zero-order chi connectivity index (χ0) is 13.2. The first kappa shape index (κ1) is 11.2. The lowest BCUT2D eigenvalue weighted by atomic mass is 10.1. The van der Waals surface area contributed by atoms with Crippen molar-refractivity contribution < 1.29 is 0 Å². The van der Waals surface area contributed by atoms with E-state index in [2.05, 4.69) is 20.2 Å².